The number of nitriles is 1. The van der Waals surface area contributed by atoms with Crippen molar-refractivity contribution >= 4 is 17.3 Å². The highest BCUT2D eigenvalue weighted by Gasteiger charge is 2.26. The van der Waals surface area contributed by atoms with Gasteiger partial charge in [0.2, 0.25) is 0 Å². The number of anilines is 1. The van der Waals surface area contributed by atoms with Gasteiger partial charge in [-0.2, -0.15) is 5.26 Å². The Labute approximate surface area is 116 Å². The molecular weight excluding hydrogens is 264 g/mol. The SMILES string of the molecule is CC(O)(CNc1cc(Cl)ccc1C#N)c1ccco1. The van der Waals surface area contributed by atoms with E-state index in [2.05, 4.69) is 11.4 Å². The summed E-state index contributed by atoms with van der Waals surface area (Å²) < 4.78 is 5.19. The molecule has 0 saturated heterocycles. The zero-order valence-electron chi connectivity index (χ0n) is 10.4. The predicted octanol–water partition coefficient (Wildman–Crippen LogP) is 3.12. The fraction of sp³-hybridized carbons (Fsp3) is 0.214. The quantitative estimate of drug-likeness (QED) is 0.900. The lowest BCUT2D eigenvalue weighted by molar-refractivity contribution is 0.0476. The molecule has 2 rings (SSSR count). The van der Waals surface area contributed by atoms with E-state index in [0.717, 1.165) is 0 Å². The number of benzene rings is 1. The summed E-state index contributed by atoms with van der Waals surface area (Å²) >= 11 is 5.89. The summed E-state index contributed by atoms with van der Waals surface area (Å²) in [7, 11) is 0. The lowest BCUT2D eigenvalue weighted by Crippen LogP contribution is -2.30. The molecule has 1 unspecified atom stereocenters. The monoisotopic (exact) mass is 276 g/mol. The smallest absolute Gasteiger partial charge is 0.136 e. The van der Waals surface area contributed by atoms with Gasteiger partial charge in [-0.1, -0.05) is 11.6 Å². The molecule has 0 bridgehead atoms. The zero-order chi connectivity index (χ0) is 13.9. The molecule has 0 amide bonds. The van der Waals surface area contributed by atoms with Crippen molar-refractivity contribution in [2.75, 3.05) is 11.9 Å². The van der Waals surface area contributed by atoms with Crippen LogP contribution in [0.2, 0.25) is 5.02 Å². The summed E-state index contributed by atoms with van der Waals surface area (Å²) in [6, 6.07) is 10.4. The Kier molecular flexibility index (Phi) is 3.79. The van der Waals surface area contributed by atoms with Crippen LogP contribution in [0.3, 0.4) is 0 Å². The summed E-state index contributed by atoms with van der Waals surface area (Å²) in [5, 5.41) is 22.8. The topological polar surface area (TPSA) is 69.2 Å². The van der Waals surface area contributed by atoms with E-state index in [-0.39, 0.29) is 6.54 Å². The summed E-state index contributed by atoms with van der Waals surface area (Å²) in [6.45, 7) is 1.84. The molecule has 1 aromatic heterocycles. The second-order valence-corrected chi connectivity index (χ2v) is 4.84. The van der Waals surface area contributed by atoms with Crippen molar-refractivity contribution in [3.05, 3.63) is 52.9 Å². The van der Waals surface area contributed by atoms with Crippen LogP contribution >= 0.6 is 11.6 Å². The maximum atomic E-state index is 10.3. The van der Waals surface area contributed by atoms with Gasteiger partial charge in [0.25, 0.3) is 0 Å². The molecule has 0 aliphatic carbocycles. The second kappa shape index (κ2) is 5.35. The van der Waals surface area contributed by atoms with Crippen LogP contribution < -0.4 is 5.32 Å². The molecule has 5 heteroatoms. The van der Waals surface area contributed by atoms with E-state index in [1.807, 2.05) is 0 Å². The molecule has 1 atom stereocenters. The van der Waals surface area contributed by atoms with Gasteiger partial charge in [0.1, 0.15) is 17.4 Å². The van der Waals surface area contributed by atoms with E-state index >= 15 is 0 Å². The predicted molar refractivity (Wildman–Crippen MR) is 72.9 cm³/mol. The molecule has 0 fully saturated rings. The first-order chi connectivity index (χ1) is 9.03. The standard InChI is InChI=1S/C14H13ClN2O2/c1-14(18,13-3-2-6-19-13)9-17-12-7-11(15)5-4-10(12)8-16/h2-7,17-18H,9H2,1H3. The van der Waals surface area contributed by atoms with E-state index in [1.54, 1.807) is 37.3 Å². The third-order valence-corrected chi connectivity index (χ3v) is 3.01. The van der Waals surface area contributed by atoms with Gasteiger partial charge in [0, 0.05) is 5.02 Å². The lowest BCUT2D eigenvalue weighted by Gasteiger charge is -2.22. The van der Waals surface area contributed by atoms with Crippen LogP contribution in [0.5, 0.6) is 0 Å². The van der Waals surface area contributed by atoms with Gasteiger partial charge < -0.3 is 14.8 Å². The van der Waals surface area contributed by atoms with Crippen molar-refractivity contribution in [1.82, 2.24) is 0 Å². The van der Waals surface area contributed by atoms with Crippen LogP contribution in [0, 0.1) is 11.3 Å². The van der Waals surface area contributed by atoms with Crippen LogP contribution in [0.15, 0.2) is 41.0 Å². The Hall–Kier alpha value is -1.96. The minimum Gasteiger partial charge on any atom is -0.466 e. The Bertz CT molecular complexity index is 600. The molecule has 2 aromatic rings. The van der Waals surface area contributed by atoms with Crippen LogP contribution in [0.1, 0.15) is 18.2 Å². The van der Waals surface area contributed by atoms with Crippen molar-refractivity contribution in [1.29, 1.82) is 5.26 Å². The maximum absolute atomic E-state index is 10.3. The van der Waals surface area contributed by atoms with E-state index in [1.165, 1.54) is 6.26 Å². The Morgan fingerprint density at radius 2 is 2.26 bits per heavy atom. The molecule has 1 aromatic carbocycles. The molecular formula is C14H13ClN2O2. The lowest BCUT2D eigenvalue weighted by atomic mass is 10.0. The van der Waals surface area contributed by atoms with Crippen molar-refractivity contribution in [2.24, 2.45) is 0 Å². The Morgan fingerprint density at radius 3 is 2.89 bits per heavy atom. The van der Waals surface area contributed by atoms with Gasteiger partial charge in [-0.3, -0.25) is 0 Å². The average Bonchev–Trinajstić information content (AvgIpc) is 2.91. The molecule has 0 saturated carbocycles. The molecule has 0 aliphatic heterocycles. The first-order valence-electron chi connectivity index (χ1n) is 5.73. The first kappa shape index (κ1) is 13.5. The highest BCUT2D eigenvalue weighted by molar-refractivity contribution is 6.30. The largest absolute Gasteiger partial charge is 0.466 e. The van der Waals surface area contributed by atoms with E-state index in [9.17, 15) is 5.11 Å². The number of rotatable bonds is 4. The van der Waals surface area contributed by atoms with Gasteiger partial charge in [0.05, 0.1) is 24.1 Å². The Balaban J connectivity index is 2.15. The minimum absolute atomic E-state index is 0.204. The van der Waals surface area contributed by atoms with Gasteiger partial charge >= 0.3 is 0 Å². The van der Waals surface area contributed by atoms with E-state index < -0.39 is 5.60 Å². The highest BCUT2D eigenvalue weighted by atomic mass is 35.5. The fourth-order valence-corrected chi connectivity index (χ4v) is 1.87. The first-order valence-corrected chi connectivity index (χ1v) is 6.10. The van der Waals surface area contributed by atoms with Crippen molar-refractivity contribution in [2.45, 2.75) is 12.5 Å². The molecule has 0 spiro atoms. The van der Waals surface area contributed by atoms with Crippen LogP contribution in [-0.2, 0) is 5.60 Å². The van der Waals surface area contributed by atoms with Gasteiger partial charge in [-0.25, -0.2) is 0 Å². The second-order valence-electron chi connectivity index (χ2n) is 4.41. The number of aliphatic hydroxyl groups is 1. The normalized spacial score (nSPS) is 13.6. The summed E-state index contributed by atoms with van der Waals surface area (Å²) in [6.07, 6.45) is 1.50. The minimum atomic E-state index is -1.17. The molecule has 2 N–H and O–H groups in total. The van der Waals surface area contributed by atoms with E-state index in [0.29, 0.717) is 22.0 Å². The van der Waals surface area contributed by atoms with E-state index in [4.69, 9.17) is 21.3 Å². The molecule has 0 aliphatic rings. The number of halogens is 1. The maximum Gasteiger partial charge on any atom is 0.136 e. The number of hydrogen-bond donors (Lipinski definition) is 2. The molecule has 0 radical (unpaired) electrons. The summed E-state index contributed by atoms with van der Waals surface area (Å²) in [4.78, 5) is 0. The molecule has 1 heterocycles. The van der Waals surface area contributed by atoms with Crippen LogP contribution in [0.4, 0.5) is 5.69 Å². The number of nitrogens with one attached hydrogen (secondary N) is 1. The number of nitrogens with zero attached hydrogens (tertiary/aromatic N) is 1. The van der Waals surface area contributed by atoms with Gasteiger partial charge in [-0.05, 0) is 37.3 Å². The summed E-state index contributed by atoms with van der Waals surface area (Å²) in [5.41, 5.74) is -0.111. The molecule has 98 valence electrons. The van der Waals surface area contributed by atoms with Gasteiger partial charge in [0.15, 0.2) is 0 Å². The fourth-order valence-electron chi connectivity index (χ4n) is 1.70. The van der Waals surface area contributed by atoms with Crippen LogP contribution in [0.25, 0.3) is 0 Å². The average molecular weight is 277 g/mol. The Morgan fingerprint density at radius 1 is 1.47 bits per heavy atom. The highest BCUT2D eigenvalue weighted by Crippen LogP contribution is 2.24. The van der Waals surface area contributed by atoms with Crippen molar-refractivity contribution in [3.63, 3.8) is 0 Å². The van der Waals surface area contributed by atoms with Crippen molar-refractivity contribution in [3.8, 4) is 6.07 Å². The van der Waals surface area contributed by atoms with Crippen molar-refractivity contribution < 1.29 is 9.52 Å². The third-order valence-electron chi connectivity index (χ3n) is 2.78. The number of hydrogen-bond acceptors (Lipinski definition) is 4. The van der Waals surface area contributed by atoms with Crippen LogP contribution in [-0.4, -0.2) is 11.7 Å². The third kappa shape index (κ3) is 3.08. The van der Waals surface area contributed by atoms with Gasteiger partial charge in [-0.15, -0.1) is 0 Å². The molecule has 19 heavy (non-hydrogen) atoms. The number of furan rings is 1. The summed E-state index contributed by atoms with van der Waals surface area (Å²) in [5.74, 6) is 0.459. The zero-order valence-corrected chi connectivity index (χ0v) is 11.1. The molecule has 4 nitrogen and oxygen atoms in total.